The van der Waals surface area contributed by atoms with Crippen LogP contribution in [-0.4, -0.2) is 19.8 Å². The topological polar surface area (TPSA) is 60.2 Å². The molecule has 0 saturated heterocycles. The van der Waals surface area contributed by atoms with Gasteiger partial charge in [0.05, 0.1) is 9.77 Å². The van der Waals surface area contributed by atoms with Gasteiger partial charge in [-0.25, -0.2) is 8.42 Å². The van der Waals surface area contributed by atoms with Crippen molar-refractivity contribution in [1.29, 1.82) is 0 Å². The second kappa shape index (κ2) is 3.21. The fourth-order valence-corrected chi connectivity index (χ4v) is 2.97. The van der Waals surface area contributed by atoms with Gasteiger partial charge >= 0.3 is 0 Å². The molecular formula is C8H7NO3S2. The molecule has 2 rings (SSSR count). The van der Waals surface area contributed by atoms with Crippen molar-refractivity contribution in [2.24, 2.45) is 0 Å². The average Bonchev–Trinajstić information content (AvgIpc) is 2.73. The van der Waals surface area contributed by atoms with E-state index in [1.165, 1.54) is 23.9 Å². The van der Waals surface area contributed by atoms with Crippen LogP contribution < -0.4 is 0 Å². The SMILES string of the molecule is CS(=O)(=O)c1csc(-c2ccon2)c1. The monoisotopic (exact) mass is 229 g/mol. The third-order valence-electron chi connectivity index (χ3n) is 1.69. The van der Waals surface area contributed by atoms with E-state index in [1.807, 2.05) is 0 Å². The van der Waals surface area contributed by atoms with E-state index in [-0.39, 0.29) is 0 Å². The first-order valence-electron chi connectivity index (χ1n) is 3.77. The van der Waals surface area contributed by atoms with Crippen molar-refractivity contribution >= 4 is 21.2 Å². The number of sulfone groups is 1. The van der Waals surface area contributed by atoms with Gasteiger partial charge in [-0.1, -0.05) is 5.16 Å². The molecule has 2 aromatic heterocycles. The molecule has 0 aliphatic heterocycles. The van der Waals surface area contributed by atoms with Crippen LogP contribution in [0.3, 0.4) is 0 Å². The fraction of sp³-hybridized carbons (Fsp3) is 0.125. The second-order valence-corrected chi connectivity index (χ2v) is 5.73. The molecule has 0 unspecified atom stereocenters. The number of hydrogen-bond acceptors (Lipinski definition) is 5. The minimum absolute atomic E-state index is 0.320. The summed E-state index contributed by atoms with van der Waals surface area (Å²) in [4.78, 5) is 1.11. The van der Waals surface area contributed by atoms with E-state index in [0.717, 1.165) is 4.88 Å². The largest absolute Gasteiger partial charge is 0.364 e. The number of hydrogen-bond donors (Lipinski definition) is 0. The van der Waals surface area contributed by atoms with Gasteiger partial charge in [0.1, 0.15) is 12.0 Å². The molecule has 2 aromatic rings. The van der Waals surface area contributed by atoms with E-state index in [9.17, 15) is 8.42 Å². The molecule has 74 valence electrons. The maximum Gasteiger partial charge on any atom is 0.176 e. The predicted molar refractivity (Wildman–Crippen MR) is 52.9 cm³/mol. The summed E-state index contributed by atoms with van der Waals surface area (Å²) in [6.07, 6.45) is 2.64. The Kier molecular flexibility index (Phi) is 2.16. The Morgan fingerprint density at radius 3 is 2.79 bits per heavy atom. The molecule has 14 heavy (non-hydrogen) atoms. The number of thiophene rings is 1. The highest BCUT2D eigenvalue weighted by molar-refractivity contribution is 7.90. The van der Waals surface area contributed by atoms with Gasteiger partial charge in [0.25, 0.3) is 0 Å². The lowest BCUT2D eigenvalue weighted by Crippen LogP contribution is -1.93. The minimum atomic E-state index is -3.12. The Bertz CT molecular complexity index is 525. The molecule has 0 amide bonds. The van der Waals surface area contributed by atoms with Crippen LogP contribution in [0.4, 0.5) is 0 Å². The Labute approximate surface area is 85.1 Å². The van der Waals surface area contributed by atoms with Crippen LogP contribution in [0, 0.1) is 0 Å². The quantitative estimate of drug-likeness (QED) is 0.788. The zero-order valence-electron chi connectivity index (χ0n) is 7.30. The molecule has 0 bridgehead atoms. The smallest absolute Gasteiger partial charge is 0.176 e. The molecular weight excluding hydrogens is 222 g/mol. The fourth-order valence-electron chi connectivity index (χ4n) is 0.987. The first kappa shape index (κ1) is 9.42. The maximum absolute atomic E-state index is 11.2. The van der Waals surface area contributed by atoms with Crippen molar-refractivity contribution in [2.45, 2.75) is 4.90 Å². The maximum atomic E-state index is 11.2. The van der Waals surface area contributed by atoms with Gasteiger partial charge in [-0.15, -0.1) is 11.3 Å². The third kappa shape index (κ3) is 1.71. The average molecular weight is 229 g/mol. The summed E-state index contributed by atoms with van der Waals surface area (Å²) in [5.74, 6) is 0. The first-order chi connectivity index (χ1) is 6.57. The molecule has 0 radical (unpaired) electrons. The summed E-state index contributed by atoms with van der Waals surface area (Å²) in [5, 5.41) is 5.32. The molecule has 0 aromatic carbocycles. The van der Waals surface area contributed by atoms with Crippen molar-refractivity contribution in [2.75, 3.05) is 6.26 Å². The first-order valence-corrected chi connectivity index (χ1v) is 6.54. The summed E-state index contributed by atoms with van der Waals surface area (Å²) in [6.45, 7) is 0. The zero-order valence-corrected chi connectivity index (χ0v) is 8.93. The van der Waals surface area contributed by atoms with Gasteiger partial charge in [-0.2, -0.15) is 0 Å². The van der Waals surface area contributed by atoms with Crippen molar-refractivity contribution < 1.29 is 12.9 Å². The zero-order chi connectivity index (χ0) is 10.2. The van der Waals surface area contributed by atoms with E-state index >= 15 is 0 Å². The highest BCUT2D eigenvalue weighted by Gasteiger charge is 2.12. The summed E-state index contributed by atoms with van der Waals surface area (Å²) >= 11 is 1.33. The summed E-state index contributed by atoms with van der Waals surface area (Å²) in [6, 6.07) is 3.29. The third-order valence-corrected chi connectivity index (χ3v) is 3.89. The normalized spacial score (nSPS) is 11.8. The van der Waals surface area contributed by atoms with Gasteiger partial charge in [0, 0.05) is 17.7 Å². The lowest BCUT2D eigenvalue weighted by atomic mass is 10.3. The standard InChI is InChI=1S/C8H7NO3S2/c1-14(10,11)6-4-8(13-5-6)7-2-3-12-9-7/h2-5H,1H3. The predicted octanol–water partition coefficient (Wildman–Crippen LogP) is 1.81. The lowest BCUT2D eigenvalue weighted by Gasteiger charge is -1.88. The summed E-state index contributed by atoms with van der Waals surface area (Å²) in [5.41, 5.74) is 0.657. The molecule has 0 spiro atoms. The Hall–Kier alpha value is -1.14. The van der Waals surface area contributed by atoms with Crippen molar-refractivity contribution in [1.82, 2.24) is 5.16 Å². The minimum Gasteiger partial charge on any atom is -0.364 e. The molecule has 6 heteroatoms. The van der Waals surface area contributed by atoms with Crippen molar-refractivity contribution in [3.63, 3.8) is 0 Å². The highest BCUT2D eigenvalue weighted by atomic mass is 32.2. The Morgan fingerprint density at radius 2 is 2.29 bits per heavy atom. The van der Waals surface area contributed by atoms with Crippen LogP contribution >= 0.6 is 11.3 Å². The Balaban J connectivity index is 2.46. The van der Waals surface area contributed by atoms with Crippen LogP contribution in [-0.2, 0) is 9.84 Å². The van der Waals surface area contributed by atoms with Gasteiger partial charge in [0.15, 0.2) is 9.84 Å². The molecule has 0 N–H and O–H groups in total. The molecule has 0 aliphatic rings. The number of rotatable bonds is 2. The molecule has 0 saturated carbocycles. The molecule has 2 heterocycles. The van der Waals surface area contributed by atoms with Crippen LogP contribution in [0.1, 0.15) is 0 Å². The van der Waals surface area contributed by atoms with Crippen LogP contribution in [0.2, 0.25) is 0 Å². The lowest BCUT2D eigenvalue weighted by molar-refractivity contribution is 0.422. The van der Waals surface area contributed by atoms with Crippen LogP contribution in [0.5, 0.6) is 0 Å². The Morgan fingerprint density at radius 1 is 1.50 bits per heavy atom. The van der Waals surface area contributed by atoms with Gasteiger partial charge < -0.3 is 4.52 Å². The van der Waals surface area contributed by atoms with Crippen LogP contribution in [0.25, 0.3) is 10.6 Å². The molecule has 0 fully saturated rings. The van der Waals surface area contributed by atoms with Crippen molar-refractivity contribution in [3.8, 4) is 10.6 Å². The summed E-state index contributed by atoms with van der Waals surface area (Å²) in [7, 11) is -3.12. The van der Waals surface area contributed by atoms with Crippen LogP contribution in [0.15, 0.2) is 33.2 Å². The van der Waals surface area contributed by atoms with E-state index in [1.54, 1.807) is 17.5 Å². The van der Waals surface area contributed by atoms with Gasteiger partial charge in [0.2, 0.25) is 0 Å². The van der Waals surface area contributed by atoms with Gasteiger partial charge in [-0.3, -0.25) is 0 Å². The molecule has 0 aliphatic carbocycles. The number of aromatic nitrogens is 1. The second-order valence-electron chi connectivity index (χ2n) is 2.80. The molecule has 4 nitrogen and oxygen atoms in total. The van der Waals surface area contributed by atoms with Crippen molar-refractivity contribution in [3.05, 3.63) is 23.8 Å². The highest BCUT2D eigenvalue weighted by Crippen LogP contribution is 2.27. The number of nitrogens with zero attached hydrogens (tertiary/aromatic N) is 1. The van der Waals surface area contributed by atoms with Gasteiger partial charge in [-0.05, 0) is 6.07 Å². The molecule has 0 atom stereocenters. The van der Waals surface area contributed by atoms with E-state index in [4.69, 9.17) is 0 Å². The van der Waals surface area contributed by atoms with E-state index in [0.29, 0.717) is 10.6 Å². The van der Waals surface area contributed by atoms with E-state index < -0.39 is 9.84 Å². The summed E-state index contributed by atoms with van der Waals surface area (Å²) < 4.78 is 27.0. The van der Waals surface area contributed by atoms with E-state index in [2.05, 4.69) is 9.68 Å².